The largest absolute Gasteiger partial charge is 0.369 e. The lowest BCUT2D eigenvalue weighted by Gasteiger charge is -2.36. The Morgan fingerprint density at radius 3 is 2.29 bits per heavy atom. The van der Waals surface area contributed by atoms with E-state index in [1.165, 1.54) is 24.3 Å². The number of halogens is 2. The van der Waals surface area contributed by atoms with Crippen molar-refractivity contribution in [3.8, 4) is 0 Å². The highest BCUT2D eigenvalue weighted by atomic mass is 19.1. The van der Waals surface area contributed by atoms with Crippen molar-refractivity contribution in [3.05, 3.63) is 29.8 Å². The highest BCUT2D eigenvalue weighted by Crippen LogP contribution is 2.19. The second kappa shape index (κ2) is 6.82. The lowest BCUT2D eigenvalue weighted by Crippen LogP contribution is -2.49. The summed E-state index contributed by atoms with van der Waals surface area (Å²) in [5.41, 5.74) is 0.535. The third-order valence-corrected chi connectivity index (χ3v) is 3.57. The molecule has 1 aliphatic rings. The highest BCUT2D eigenvalue weighted by molar-refractivity contribution is 5.76. The summed E-state index contributed by atoms with van der Waals surface area (Å²) in [7, 11) is 3.00. The van der Waals surface area contributed by atoms with Crippen molar-refractivity contribution < 1.29 is 18.4 Å². The number of hydrogen-bond acceptors (Lipinski definition) is 4. The van der Waals surface area contributed by atoms with Gasteiger partial charge in [0.15, 0.2) is 0 Å². The number of hydroxylamine groups is 2. The molecule has 0 aliphatic carbocycles. The average molecular weight is 299 g/mol. The summed E-state index contributed by atoms with van der Waals surface area (Å²) in [4.78, 5) is 20.5. The number of carbonyl (C=O) groups is 1. The molecule has 0 aromatic heterocycles. The SMILES string of the molecule is CON(C)C(=O)CN1CCN(c2cc(F)cc(F)c2)CC1. The van der Waals surface area contributed by atoms with E-state index in [1.807, 2.05) is 9.80 Å². The van der Waals surface area contributed by atoms with E-state index in [0.717, 1.165) is 6.07 Å². The fourth-order valence-corrected chi connectivity index (χ4v) is 2.28. The normalized spacial score (nSPS) is 16.1. The minimum atomic E-state index is -0.579. The summed E-state index contributed by atoms with van der Waals surface area (Å²) in [6.45, 7) is 2.82. The van der Waals surface area contributed by atoms with E-state index in [0.29, 0.717) is 31.9 Å². The van der Waals surface area contributed by atoms with Crippen LogP contribution in [0.4, 0.5) is 14.5 Å². The molecule has 2 rings (SSSR count). The number of piperazine rings is 1. The first kappa shape index (κ1) is 15.7. The van der Waals surface area contributed by atoms with E-state index >= 15 is 0 Å². The van der Waals surface area contributed by atoms with E-state index < -0.39 is 11.6 Å². The maximum absolute atomic E-state index is 13.2. The van der Waals surface area contributed by atoms with E-state index in [-0.39, 0.29) is 12.5 Å². The van der Waals surface area contributed by atoms with Gasteiger partial charge in [-0.25, -0.2) is 13.8 Å². The third-order valence-electron chi connectivity index (χ3n) is 3.57. The molecule has 0 radical (unpaired) electrons. The number of anilines is 1. The van der Waals surface area contributed by atoms with Crippen LogP contribution in [-0.2, 0) is 9.63 Å². The highest BCUT2D eigenvalue weighted by Gasteiger charge is 2.21. The average Bonchev–Trinajstić information content (AvgIpc) is 2.46. The Morgan fingerprint density at radius 1 is 1.19 bits per heavy atom. The van der Waals surface area contributed by atoms with E-state index in [4.69, 9.17) is 4.84 Å². The Morgan fingerprint density at radius 2 is 1.76 bits per heavy atom. The monoisotopic (exact) mass is 299 g/mol. The van der Waals surface area contributed by atoms with Crippen molar-refractivity contribution in [3.63, 3.8) is 0 Å². The molecule has 0 unspecified atom stereocenters. The van der Waals surface area contributed by atoms with E-state index in [2.05, 4.69) is 0 Å². The second-order valence-electron chi connectivity index (χ2n) is 4.96. The van der Waals surface area contributed by atoms with Crippen molar-refractivity contribution in [1.29, 1.82) is 0 Å². The van der Waals surface area contributed by atoms with Crippen molar-refractivity contribution in [2.24, 2.45) is 0 Å². The summed E-state index contributed by atoms with van der Waals surface area (Å²) in [6, 6.07) is 3.50. The number of likely N-dealkylation sites (N-methyl/N-ethyl adjacent to an activating group) is 1. The van der Waals surface area contributed by atoms with Crippen molar-refractivity contribution in [2.45, 2.75) is 0 Å². The Bertz CT molecular complexity index is 485. The van der Waals surface area contributed by atoms with Gasteiger partial charge in [-0.3, -0.25) is 14.5 Å². The molecular formula is C14H19F2N3O2. The van der Waals surface area contributed by atoms with Crippen LogP contribution in [0.2, 0.25) is 0 Å². The number of hydrogen-bond donors (Lipinski definition) is 0. The Kier molecular flexibility index (Phi) is 5.08. The zero-order valence-electron chi connectivity index (χ0n) is 12.2. The Labute approximate surface area is 122 Å². The number of amides is 1. The van der Waals surface area contributed by atoms with Crippen LogP contribution in [0.5, 0.6) is 0 Å². The van der Waals surface area contributed by atoms with Gasteiger partial charge in [0.2, 0.25) is 0 Å². The number of nitrogens with zero attached hydrogens (tertiary/aromatic N) is 3. The minimum absolute atomic E-state index is 0.122. The van der Waals surface area contributed by atoms with Gasteiger partial charge in [-0.1, -0.05) is 0 Å². The lowest BCUT2D eigenvalue weighted by atomic mass is 10.2. The zero-order valence-corrected chi connectivity index (χ0v) is 12.2. The van der Waals surface area contributed by atoms with Crippen LogP contribution in [0.25, 0.3) is 0 Å². The van der Waals surface area contributed by atoms with Crippen LogP contribution in [0.15, 0.2) is 18.2 Å². The predicted octanol–water partition coefficient (Wildman–Crippen LogP) is 1.11. The number of carbonyl (C=O) groups excluding carboxylic acids is 1. The fourth-order valence-electron chi connectivity index (χ4n) is 2.28. The maximum atomic E-state index is 13.2. The first-order valence-electron chi connectivity index (χ1n) is 6.73. The summed E-state index contributed by atoms with van der Waals surface area (Å²) in [5.74, 6) is -1.28. The van der Waals surface area contributed by atoms with Crippen LogP contribution in [0, 0.1) is 11.6 Å². The third kappa shape index (κ3) is 4.12. The predicted molar refractivity (Wildman–Crippen MR) is 74.8 cm³/mol. The smallest absolute Gasteiger partial charge is 0.259 e. The molecule has 116 valence electrons. The molecule has 1 aromatic carbocycles. The lowest BCUT2D eigenvalue weighted by molar-refractivity contribution is -0.169. The molecule has 1 aliphatic heterocycles. The maximum Gasteiger partial charge on any atom is 0.259 e. The molecule has 5 nitrogen and oxygen atoms in total. The second-order valence-corrected chi connectivity index (χ2v) is 4.96. The van der Waals surface area contributed by atoms with Gasteiger partial charge in [-0.15, -0.1) is 0 Å². The molecule has 7 heteroatoms. The standard InChI is InChI=1S/C14H19F2N3O2/c1-17(21-2)14(20)10-18-3-5-19(6-4-18)13-8-11(15)7-12(16)9-13/h7-9H,3-6,10H2,1-2H3. The molecule has 0 N–H and O–H groups in total. The molecule has 0 saturated carbocycles. The van der Waals surface area contributed by atoms with Crippen molar-refractivity contribution in [2.75, 3.05) is 51.8 Å². The van der Waals surface area contributed by atoms with Gasteiger partial charge >= 0.3 is 0 Å². The van der Waals surface area contributed by atoms with Gasteiger partial charge in [-0.05, 0) is 12.1 Å². The van der Waals surface area contributed by atoms with Gasteiger partial charge in [0.05, 0.1) is 13.7 Å². The summed E-state index contributed by atoms with van der Waals surface area (Å²) < 4.78 is 26.4. The molecule has 0 spiro atoms. The summed E-state index contributed by atoms with van der Waals surface area (Å²) in [6.07, 6.45) is 0. The van der Waals surface area contributed by atoms with Crippen LogP contribution in [0.3, 0.4) is 0 Å². The van der Waals surface area contributed by atoms with E-state index in [9.17, 15) is 13.6 Å². The summed E-state index contributed by atoms with van der Waals surface area (Å²) in [5, 5.41) is 1.19. The Hall–Kier alpha value is -1.73. The summed E-state index contributed by atoms with van der Waals surface area (Å²) >= 11 is 0. The molecular weight excluding hydrogens is 280 g/mol. The van der Waals surface area contributed by atoms with Gasteiger partial charge in [0.1, 0.15) is 11.6 Å². The quantitative estimate of drug-likeness (QED) is 0.780. The molecule has 21 heavy (non-hydrogen) atoms. The van der Waals surface area contributed by atoms with Gasteiger partial charge in [-0.2, -0.15) is 0 Å². The molecule has 1 heterocycles. The van der Waals surface area contributed by atoms with Crippen molar-refractivity contribution >= 4 is 11.6 Å². The van der Waals surface area contributed by atoms with Crippen LogP contribution < -0.4 is 4.90 Å². The number of benzene rings is 1. The first-order valence-corrected chi connectivity index (χ1v) is 6.73. The van der Waals surface area contributed by atoms with Crippen LogP contribution >= 0.6 is 0 Å². The Balaban J connectivity index is 1.89. The van der Waals surface area contributed by atoms with Crippen LogP contribution in [0.1, 0.15) is 0 Å². The van der Waals surface area contributed by atoms with Crippen LogP contribution in [-0.4, -0.2) is 62.8 Å². The zero-order chi connectivity index (χ0) is 15.4. The fraction of sp³-hybridized carbons (Fsp3) is 0.500. The van der Waals surface area contributed by atoms with Gasteiger partial charge in [0.25, 0.3) is 5.91 Å². The molecule has 0 atom stereocenters. The first-order chi connectivity index (χ1) is 9.99. The van der Waals surface area contributed by atoms with Gasteiger partial charge in [0, 0.05) is 45.0 Å². The number of rotatable bonds is 4. The van der Waals surface area contributed by atoms with Gasteiger partial charge < -0.3 is 4.90 Å². The van der Waals surface area contributed by atoms with Crippen molar-refractivity contribution in [1.82, 2.24) is 9.96 Å². The van der Waals surface area contributed by atoms with E-state index in [1.54, 1.807) is 7.05 Å². The molecule has 1 fully saturated rings. The molecule has 0 bridgehead atoms. The molecule has 1 amide bonds. The minimum Gasteiger partial charge on any atom is -0.369 e. The topological polar surface area (TPSA) is 36.0 Å². The molecule has 1 aromatic rings. The molecule has 1 saturated heterocycles.